The number of nitrogens with zero attached hydrogens (tertiary/aromatic N) is 1. The number of benzene rings is 1. The number of pyridine rings is 1. The molecule has 0 bridgehead atoms. The molecule has 4 heteroatoms. The third-order valence-electron chi connectivity index (χ3n) is 2.71. The second-order valence-electron chi connectivity index (χ2n) is 4.00. The van der Waals surface area contributed by atoms with Crippen LogP contribution in [0.1, 0.15) is 18.5 Å². The summed E-state index contributed by atoms with van der Waals surface area (Å²) >= 11 is 1.68. The Balaban J connectivity index is 2.18. The molecule has 1 N–H and O–H groups in total. The fourth-order valence-corrected chi connectivity index (χ4v) is 2.31. The zero-order valence-electron chi connectivity index (χ0n) is 10.4. The summed E-state index contributed by atoms with van der Waals surface area (Å²) in [7, 11) is 0. The van der Waals surface area contributed by atoms with E-state index < -0.39 is 0 Å². The zero-order chi connectivity index (χ0) is 13.0. The molecule has 1 atom stereocenters. The maximum Gasteiger partial charge on any atom is 0.141 e. The predicted molar refractivity (Wildman–Crippen MR) is 74.5 cm³/mol. The minimum absolute atomic E-state index is 0.0153. The molecule has 1 aromatic heterocycles. The number of hydrogen-bond acceptors (Lipinski definition) is 3. The molecule has 0 radical (unpaired) electrons. The van der Waals surface area contributed by atoms with Crippen LogP contribution in [0.15, 0.2) is 47.6 Å². The largest absolute Gasteiger partial charge is 0.378 e. The van der Waals surface area contributed by atoms with Crippen molar-refractivity contribution in [3.63, 3.8) is 0 Å². The van der Waals surface area contributed by atoms with E-state index in [0.717, 1.165) is 11.3 Å². The quantitative estimate of drug-likeness (QED) is 0.839. The second-order valence-corrected chi connectivity index (χ2v) is 4.85. The molecule has 0 fully saturated rings. The van der Waals surface area contributed by atoms with Crippen LogP contribution in [0, 0.1) is 5.82 Å². The first-order chi connectivity index (χ1) is 8.70. The summed E-state index contributed by atoms with van der Waals surface area (Å²) in [6, 6.07) is 9.59. The number of halogens is 1. The van der Waals surface area contributed by atoms with Gasteiger partial charge in [0.15, 0.2) is 0 Å². The van der Waals surface area contributed by atoms with E-state index >= 15 is 0 Å². The molecule has 1 unspecified atom stereocenters. The van der Waals surface area contributed by atoms with Crippen LogP contribution in [0.25, 0.3) is 0 Å². The number of thioether (sulfide) groups is 1. The van der Waals surface area contributed by atoms with Gasteiger partial charge in [-0.15, -0.1) is 11.8 Å². The van der Waals surface area contributed by atoms with Gasteiger partial charge >= 0.3 is 0 Å². The molecule has 0 saturated carbocycles. The Bertz CT molecular complexity index is 531. The SMILES string of the molecule is CSc1ccccc1NC(C)c1cncc(F)c1. The molecule has 2 nitrogen and oxygen atoms in total. The fraction of sp³-hybridized carbons (Fsp3) is 0.214. The van der Waals surface area contributed by atoms with Gasteiger partial charge in [0, 0.05) is 16.8 Å². The van der Waals surface area contributed by atoms with Crippen LogP contribution in [0.3, 0.4) is 0 Å². The van der Waals surface area contributed by atoms with Crippen LogP contribution < -0.4 is 5.32 Å². The summed E-state index contributed by atoms with van der Waals surface area (Å²) in [5, 5.41) is 3.38. The van der Waals surface area contributed by atoms with Crippen molar-refractivity contribution in [2.75, 3.05) is 11.6 Å². The Morgan fingerprint density at radius 1 is 1.28 bits per heavy atom. The Morgan fingerprint density at radius 2 is 2.06 bits per heavy atom. The lowest BCUT2D eigenvalue weighted by Crippen LogP contribution is -2.08. The average molecular weight is 262 g/mol. The third kappa shape index (κ3) is 3.01. The molecule has 1 heterocycles. The Morgan fingerprint density at radius 3 is 2.78 bits per heavy atom. The predicted octanol–water partition coefficient (Wildman–Crippen LogP) is 4.12. The van der Waals surface area contributed by atoms with Crippen LogP contribution >= 0.6 is 11.8 Å². The van der Waals surface area contributed by atoms with E-state index in [9.17, 15) is 4.39 Å². The molecular formula is C14H15FN2S. The molecule has 0 aliphatic rings. The van der Waals surface area contributed by atoms with Gasteiger partial charge < -0.3 is 5.32 Å². The van der Waals surface area contributed by atoms with Gasteiger partial charge in [0.05, 0.1) is 12.2 Å². The van der Waals surface area contributed by atoms with Gasteiger partial charge in [0.25, 0.3) is 0 Å². The van der Waals surface area contributed by atoms with Gasteiger partial charge in [-0.2, -0.15) is 0 Å². The van der Waals surface area contributed by atoms with Gasteiger partial charge in [0.2, 0.25) is 0 Å². The van der Waals surface area contributed by atoms with E-state index in [0.29, 0.717) is 0 Å². The molecular weight excluding hydrogens is 247 g/mol. The Labute approximate surface area is 111 Å². The van der Waals surface area contributed by atoms with Crippen molar-refractivity contribution in [3.05, 3.63) is 54.1 Å². The van der Waals surface area contributed by atoms with Crippen molar-refractivity contribution < 1.29 is 4.39 Å². The first-order valence-electron chi connectivity index (χ1n) is 5.70. The number of anilines is 1. The molecule has 0 saturated heterocycles. The number of hydrogen-bond donors (Lipinski definition) is 1. The van der Waals surface area contributed by atoms with Crippen LogP contribution in [-0.2, 0) is 0 Å². The van der Waals surface area contributed by atoms with E-state index in [2.05, 4.69) is 16.4 Å². The van der Waals surface area contributed by atoms with E-state index in [4.69, 9.17) is 0 Å². The fourth-order valence-electron chi connectivity index (χ4n) is 1.75. The lowest BCUT2D eigenvalue weighted by atomic mass is 10.1. The topological polar surface area (TPSA) is 24.9 Å². The lowest BCUT2D eigenvalue weighted by molar-refractivity contribution is 0.616. The van der Waals surface area contributed by atoms with Gasteiger partial charge in [-0.05, 0) is 36.9 Å². The molecule has 0 spiro atoms. The van der Waals surface area contributed by atoms with Gasteiger partial charge in [-0.25, -0.2) is 4.39 Å². The smallest absolute Gasteiger partial charge is 0.141 e. The van der Waals surface area contributed by atoms with Gasteiger partial charge in [-0.1, -0.05) is 12.1 Å². The summed E-state index contributed by atoms with van der Waals surface area (Å²) in [6.07, 6.45) is 4.93. The van der Waals surface area contributed by atoms with Crippen molar-refractivity contribution in [1.29, 1.82) is 0 Å². The highest BCUT2D eigenvalue weighted by atomic mass is 32.2. The highest BCUT2D eigenvalue weighted by Crippen LogP contribution is 2.28. The van der Waals surface area contributed by atoms with Crippen LogP contribution in [0.5, 0.6) is 0 Å². The molecule has 1 aromatic carbocycles. The molecule has 18 heavy (non-hydrogen) atoms. The molecule has 2 aromatic rings. The lowest BCUT2D eigenvalue weighted by Gasteiger charge is -2.17. The standard InChI is InChI=1S/C14H15FN2S/c1-10(11-7-12(15)9-16-8-11)17-13-5-3-4-6-14(13)18-2/h3-10,17H,1-2H3. The zero-order valence-corrected chi connectivity index (χ0v) is 11.2. The summed E-state index contributed by atoms with van der Waals surface area (Å²) in [4.78, 5) is 5.04. The number of para-hydroxylation sites is 1. The van der Waals surface area contributed by atoms with Crippen molar-refractivity contribution in [1.82, 2.24) is 4.98 Å². The van der Waals surface area contributed by atoms with Crippen molar-refractivity contribution in [3.8, 4) is 0 Å². The summed E-state index contributed by atoms with van der Waals surface area (Å²) in [5.41, 5.74) is 1.90. The van der Waals surface area contributed by atoms with E-state index in [-0.39, 0.29) is 11.9 Å². The van der Waals surface area contributed by atoms with Crippen molar-refractivity contribution in [2.24, 2.45) is 0 Å². The van der Waals surface area contributed by atoms with Gasteiger partial charge in [-0.3, -0.25) is 4.98 Å². The molecule has 0 aliphatic heterocycles. The summed E-state index contributed by atoms with van der Waals surface area (Å²) < 4.78 is 13.1. The first kappa shape index (κ1) is 12.9. The summed E-state index contributed by atoms with van der Waals surface area (Å²) in [6.45, 7) is 1.99. The molecule has 2 rings (SSSR count). The highest BCUT2D eigenvalue weighted by molar-refractivity contribution is 7.98. The van der Waals surface area contributed by atoms with Crippen molar-refractivity contribution in [2.45, 2.75) is 17.9 Å². The summed E-state index contributed by atoms with van der Waals surface area (Å²) in [5.74, 6) is -0.306. The van der Waals surface area contributed by atoms with Crippen LogP contribution in [-0.4, -0.2) is 11.2 Å². The third-order valence-corrected chi connectivity index (χ3v) is 3.50. The van der Waals surface area contributed by atoms with E-state index in [1.54, 1.807) is 18.0 Å². The highest BCUT2D eigenvalue weighted by Gasteiger charge is 2.08. The monoisotopic (exact) mass is 262 g/mol. The van der Waals surface area contributed by atoms with Crippen LogP contribution in [0.2, 0.25) is 0 Å². The maximum atomic E-state index is 13.1. The van der Waals surface area contributed by atoms with Crippen LogP contribution in [0.4, 0.5) is 10.1 Å². The normalized spacial score (nSPS) is 12.2. The minimum Gasteiger partial charge on any atom is -0.378 e. The minimum atomic E-state index is -0.306. The Hall–Kier alpha value is -1.55. The number of nitrogens with one attached hydrogen (secondary N) is 1. The number of rotatable bonds is 4. The number of aromatic nitrogens is 1. The van der Waals surface area contributed by atoms with Crippen molar-refractivity contribution >= 4 is 17.4 Å². The molecule has 0 amide bonds. The Kier molecular flexibility index (Phi) is 4.20. The van der Waals surface area contributed by atoms with E-state index in [1.165, 1.54) is 17.2 Å². The maximum absolute atomic E-state index is 13.1. The molecule has 94 valence electrons. The van der Waals surface area contributed by atoms with Gasteiger partial charge in [0.1, 0.15) is 5.82 Å². The average Bonchev–Trinajstić information content (AvgIpc) is 2.39. The first-order valence-corrected chi connectivity index (χ1v) is 6.93. The van der Waals surface area contributed by atoms with E-state index in [1.807, 2.05) is 31.4 Å². The second kappa shape index (κ2) is 5.87. The molecule has 0 aliphatic carbocycles.